The van der Waals surface area contributed by atoms with Crippen molar-refractivity contribution in [3.05, 3.63) is 54.4 Å². The maximum atomic E-state index is 13.7. The summed E-state index contributed by atoms with van der Waals surface area (Å²) in [5.74, 6) is -0.493. The highest BCUT2D eigenvalue weighted by Gasteiger charge is 2.09. The Labute approximate surface area is 104 Å². The zero-order chi connectivity index (χ0) is 13.1. The lowest BCUT2D eigenvalue weighted by atomic mass is 10.1. The molecule has 2 aromatic rings. The molecule has 92 valence electrons. The molecule has 0 aliphatic heterocycles. The minimum Gasteiger partial charge on any atom is -0.497 e. The van der Waals surface area contributed by atoms with Crippen LogP contribution in [0.25, 0.3) is 17.2 Å². The highest BCUT2D eigenvalue weighted by molar-refractivity contribution is 5.66. The van der Waals surface area contributed by atoms with Gasteiger partial charge in [0.2, 0.25) is 0 Å². The lowest BCUT2D eigenvalue weighted by molar-refractivity contribution is 0.414. The van der Waals surface area contributed by atoms with Crippen LogP contribution in [0.15, 0.2) is 37.0 Å². The van der Waals surface area contributed by atoms with Crippen molar-refractivity contribution in [2.75, 3.05) is 7.11 Å². The third kappa shape index (κ3) is 2.22. The number of halogens is 2. The maximum Gasteiger partial charge on any atom is 0.149 e. The average molecular weight is 247 g/mol. The largest absolute Gasteiger partial charge is 0.497 e. The Morgan fingerprint density at radius 2 is 2.00 bits per heavy atom. The van der Waals surface area contributed by atoms with E-state index in [1.807, 2.05) is 0 Å². The van der Waals surface area contributed by atoms with Gasteiger partial charge < -0.3 is 4.74 Å². The van der Waals surface area contributed by atoms with Gasteiger partial charge in [0, 0.05) is 17.3 Å². The molecule has 0 aliphatic carbocycles. The molecule has 2 nitrogen and oxygen atoms in total. The van der Waals surface area contributed by atoms with Gasteiger partial charge in [-0.25, -0.2) is 8.78 Å². The molecule has 1 aromatic heterocycles. The summed E-state index contributed by atoms with van der Waals surface area (Å²) < 4.78 is 32.3. The van der Waals surface area contributed by atoms with E-state index in [1.165, 1.54) is 43.6 Å². The number of nitrogens with zero attached hydrogens (tertiary/aromatic N) is 1. The fraction of sp³-hybridized carbons (Fsp3) is 0.0714. The van der Waals surface area contributed by atoms with E-state index in [-0.39, 0.29) is 11.3 Å². The smallest absolute Gasteiger partial charge is 0.149 e. The van der Waals surface area contributed by atoms with E-state index in [1.54, 1.807) is 0 Å². The zero-order valence-corrected chi connectivity index (χ0v) is 9.78. The molecule has 0 radical (unpaired) electrons. The summed E-state index contributed by atoms with van der Waals surface area (Å²) in [5.41, 5.74) is 0.743. The van der Waals surface area contributed by atoms with Crippen LogP contribution < -0.4 is 4.74 Å². The second kappa shape index (κ2) is 4.96. The van der Waals surface area contributed by atoms with Crippen molar-refractivity contribution in [2.24, 2.45) is 0 Å². The number of methoxy groups -OCH3 is 1. The van der Waals surface area contributed by atoms with Crippen molar-refractivity contribution in [1.29, 1.82) is 0 Å². The first-order valence-corrected chi connectivity index (χ1v) is 5.27. The molecule has 0 bridgehead atoms. The molecule has 4 heteroatoms. The highest BCUT2D eigenvalue weighted by Crippen LogP contribution is 2.27. The van der Waals surface area contributed by atoms with Crippen LogP contribution in [0, 0.1) is 11.6 Å². The summed E-state index contributed by atoms with van der Waals surface area (Å²) in [6.07, 6.45) is 2.71. The zero-order valence-electron chi connectivity index (χ0n) is 9.78. The van der Waals surface area contributed by atoms with Crippen LogP contribution in [-0.2, 0) is 0 Å². The van der Waals surface area contributed by atoms with Crippen LogP contribution in [0.1, 0.15) is 5.69 Å². The number of rotatable bonds is 3. The van der Waals surface area contributed by atoms with Crippen LogP contribution >= 0.6 is 0 Å². The molecular weight excluding hydrogens is 236 g/mol. The second-order valence-corrected chi connectivity index (χ2v) is 3.64. The predicted octanol–water partition coefficient (Wildman–Crippen LogP) is 3.68. The summed E-state index contributed by atoms with van der Waals surface area (Å²) in [5, 5.41) is 0. The summed E-state index contributed by atoms with van der Waals surface area (Å²) in [7, 11) is 1.48. The fourth-order valence-corrected chi connectivity index (χ4v) is 1.60. The van der Waals surface area contributed by atoms with E-state index in [0.29, 0.717) is 11.3 Å². The van der Waals surface area contributed by atoms with Crippen LogP contribution in [0.4, 0.5) is 8.78 Å². The lowest BCUT2D eigenvalue weighted by Crippen LogP contribution is -1.92. The molecule has 0 N–H and O–H groups in total. The Morgan fingerprint density at radius 1 is 1.22 bits per heavy atom. The SMILES string of the molecule is C=Cc1ncc(-c2cc(OC)ccc2F)cc1F. The number of pyridine rings is 1. The van der Waals surface area contributed by atoms with Crippen molar-refractivity contribution in [1.82, 2.24) is 4.98 Å². The van der Waals surface area contributed by atoms with Crippen LogP contribution in [0.5, 0.6) is 5.75 Å². The van der Waals surface area contributed by atoms with Crippen molar-refractivity contribution in [3.8, 4) is 16.9 Å². The van der Waals surface area contributed by atoms with E-state index in [9.17, 15) is 8.78 Å². The van der Waals surface area contributed by atoms with Gasteiger partial charge in [-0.1, -0.05) is 6.58 Å². The molecule has 1 aromatic carbocycles. The van der Waals surface area contributed by atoms with Crippen molar-refractivity contribution >= 4 is 6.08 Å². The fourth-order valence-electron chi connectivity index (χ4n) is 1.60. The lowest BCUT2D eigenvalue weighted by Gasteiger charge is -2.07. The van der Waals surface area contributed by atoms with Gasteiger partial charge in [-0.15, -0.1) is 0 Å². The van der Waals surface area contributed by atoms with E-state index >= 15 is 0 Å². The molecule has 0 saturated heterocycles. The number of hydrogen-bond acceptors (Lipinski definition) is 2. The Hall–Kier alpha value is -2.23. The Morgan fingerprint density at radius 3 is 2.61 bits per heavy atom. The first-order chi connectivity index (χ1) is 8.65. The molecule has 18 heavy (non-hydrogen) atoms. The second-order valence-electron chi connectivity index (χ2n) is 3.64. The molecule has 0 unspecified atom stereocenters. The van der Waals surface area contributed by atoms with Gasteiger partial charge in [-0.2, -0.15) is 0 Å². The van der Waals surface area contributed by atoms with Crippen molar-refractivity contribution < 1.29 is 13.5 Å². The molecule has 0 aliphatic rings. The Bertz CT molecular complexity index is 596. The summed E-state index contributed by atoms with van der Waals surface area (Å²) in [6, 6.07) is 5.50. The molecule has 1 heterocycles. The minimum absolute atomic E-state index is 0.141. The van der Waals surface area contributed by atoms with Gasteiger partial charge in [0.25, 0.3) is 0 Å². The van der Waals surface area contributed by atoms with E-state index < -0.39 is 11.6 Å². The molecule has 0 amide bonds. The van der Waals surface area contributed by atoms with Crippen LogP contribution in [0.2, 0.25) is 0 Å². The van der Waals surface area contributed by atoms with E-state index in [0.717, 1.165) is 0 Å². The molecule has 0 spiro atoms. The van der Waals surface area contributed by atoms with E-state index in [4.69, 9.17) is 4.74 Å². The average Bonchev–Trinajstić information content (AvgIpc) is 2.39. The monoisotopic (exact) mass is 247 g/mol. The van der Waals surface area contributed by atoms with Gasteiger partial charge in [-0.3, -0.25) is 4.98 Å². The molecule has 2 rings (SSSR count). The predicted molar refractivity (Wildman–Crippen MR) is 66.2 cm³/mol. The standard InChI is InChI=1S/C14H11F2NO/c1-3-14-13(16)6-9(8-17-14)11-7-10(18-2)4-5-12(11)15/h3-8H,1H2,2H3. The van der Waals surface area contributed by atoms with Crippen molar-refractivity contribution in [2.45, 2.75) is 0 Å². The summed E-state index contributed by atoms with van der Waals surface area (Å²) in [4.78, 5) is 3.87. The first-order valence-electron chi connectivity index (χ1n) is 5.27. The van der Waals surface area contributed by atoms with Gasteiger partial charge in [-0.05, 0) is 30.3 Å². The number of hydrogen-bond donors (Lipinski definition) is 0. The quantitative estimate of drug-likeness (QED) is 0.825. The highest BCUT2D eigenvalue weighted by atomic mass is 19.1. The molecule has 0 fully saturated rings. The number of benzene rings is 1. The first kappa shape index (κ1) is 12.2. The van der Waals surface area contributed by atoms with Gasteiger partial charge in [0.15, 0.2) is 0 Å². The Kier molecular flexibility index (Phi) is 3.37. The van der Waals surface area contributed by atoms with Crippen molar-refractivity contribution in [3.63, 3.8) is 0 Å². The number of ether oxygens (including phenoxy) is 1. The van der Waals surface area contributed by atoms with Gasteiger partial charge in [0.05, 0.1) is 12.8 Å². The van der Waals surface area contributed by atoms with Crippen LogP contribution in [-0.4, -0.2) is 12.1 Å². The normalized spacial score (nSPS) is 10.2. The van der Waals surface area contributed by atoms with Gasteiger partial charge >= 0.3 is 0 Å². The summed E-state index contributed by atoms with van der Waals surface area (Å²) in [6.45, 7) is 3.44. The molecule has 0 atom stereocenters. The minimum atomic E-state index is -0.537. The molecular formula is C14H11F2NO. The van der Waals surface area contributed by atoms with E-state index in [2.05, 4.69) is 11.6 Å². The topological polar surface area (TPSA) is 22.1 Å². The van der Waals surface area contributed by atoms with Crippen LogP contribution in [0.3, 0.4) is 0 Å². The van der Waals surface area contributed by atoms with Gasteiger partial charge in [0.1, 0.15) is 17.4 Å². The third-order valence-corrected chi connectivity index (χ3v) is 2.55. The molecule has 0 saturated carbocycles. The third-order valence-electron chi connectivity index (χ3n) is 2.55. The summed E-state index contributed by atoms with van der Waals surface area (Å²) >= 11 is 0. The number of aromatic nitrogens is 1. The Balaban J connectivity index is 2.54. The maximum absolute atomic E-state index is 13.7.